The van der Waals surface area contributed by atoms with Crippen LogP contribution in [0.2, 0.25) is 0 Å². The number of amides is 2. The third-order valence-corrected chi connectivity index (χ3v) is 4.36. The van der Waals surface area contributed by atoms with Gasteiger partial charge in [0.25, 0.3) is 5.91 Å². The van der Waals surface area contributed by atoms with Gasteiger partial charge in [0.1, 0.15) is 5.82 Å². The summed E-state index contributed by atoms with van der Waals surface area (Å²) in [5.74, 6) is -1.67. The van der Waals surface area contributed by atoms with E-state index in [4.69, 9.17) is 0 Å². The van der Waals surface area contributed by atoms with Crippen LogP contribution in [-0.4, -0.2) is 24.9 Å². The van der Waals surface area contributed by atoms with Crippen molar-refractivity contribution in [1.29, 1.82) is 0 Å². The summed E-state index contributed by atoms with van der Waals surface area (Å²) in [5, 5.41) is 5.47. The highest BCUT2D eigenvalue weighted by Crippen LogP contribution is 2.24. The molecule has 0 aliphatic heterocycles. The highest BCUT2D eigenvalue weighted by molar-refractivity contribution is 5.94. The van der Waals surface area contributed by atoms with Gasteiger partial charge in [-0.25, -0.2) is 4.39 Å². The lowest BCUT2D eigenvalue weighted by molar-refractivity contribution is -0.121. The highest BCUT2D eigenvalue weighted by atomic mass is 19.1. The van der Waals surface area contributed by atoms with Gasteiger partial charge in [0.15, 0.2) is 0 Å². The van der Waals surface area contributed by atoms with Crippen molar-refractivity contribution in [2.75, 3.05) is 13.1 Å². The molecule has 4 nitrogen and oxygen atoms in total. The van der Waals surface area contributed by atoms with E-state index in [0.29, 0.717) is 0 Å². The van der Waals surface area contributed by atoms with Crippen molar-refractivity contribution in [3.05, 3.63) is 107 Å². The zero-order valence-electron chi connectivity index (χ0n) is 15.3. The number of hydrogen-bond acceptors (Lipinski definition) is 2. The third kappa shape index (κ3) is 4.82. The van der Waals surface area contributed by atoms with Gasteiger partial charge in [-0.15, -0.1) is 0 Å². The maximum absolute atomic E-state index is 13.6. The lowest BCUT2D eigenvalue weighted by atomic mass is 9.90. The van der Waals surface area contributed by atoms with Gasteiger partial charge in [-0.05, 0) is 23.3 Å². The molecule has 0 unspecified atom stereocenters. The Morgan fingerprint density at radius 3 is 1.79 bits per heavy atom. The van der Waals surface area contributed by atoms with Crippen LogP contribution in [0.15, 0.2) is 84.9 Å². The van der Waals surface area contributed by atoms with Gasteiger partial charge in [0.2, 0.25) is 5.91 Å². The molecule has 5 heteroatoms. The Morgan fingerprint density at radius 2 is 1.21 bits per heavy atom. The zero-order valence-corrected chi connectivity index (χ0v) is 15.3. The normalized spacial score (nSPS) is 10.5. The first-order chi connectivity index (χ1) is 13.7. The lowest BCUT2D eigenvalue weighted by Crippen LogP contribution is -2.37. The standard InChI is InChI=1S/C23H21FN2O2/c24-20-14-8-7-13-19(20)22(27)25-15-16-26-23(28)21(17-9-3-1-4-10-17)18-11-5-2-6-12-18/h1-14,21H,15-16H2,(H,25,27)(H,26,28). The number of benzene rings is 3. The molecule has 0 saturated heterocycles. The van der Waals surface area contributed by atoms with Crippen LogP contribution in [0.3, 0.4) is 0 Å². The summed E-state index contributed by atoms with van der Waals surface area (Å²) in [5.41, 5.74) is 1.77. The minimum atomic E-state index is -0.572. The molecule has 3 aromatic carbocycles. The Bertz CT molecular complexity index is 890. The Morgan fingerprint density at radius 1 is 0.714 bits per heavy atom. The molecular formula is C23H21FN2O2. The molecule has 0 fully saturated rings. The number of hydrogen-bond donors (Lipinski definition) is 2. The van der Waals surface area contributed by atoms with E-state index < -0.39 is 17.6 Å². The van der Waals surface area contributed by atoms with Crippen LogP contribution in [0.5, 0.6) is 0 Å². The number of halogens is 1. The fourth-order valence-electron chi connectivity index (χ4n) is 2.99. The summed E-state index contributed by atoms with van der Waals surface area (Å²) < 4.78 is 13.6. The summed E-state index contributed by atoms with van der Waals surface area (Å²) >= 11 is 0. The second-order valence-electron chi connectivity index (χ2n) is 6.28. The molecular weight excluding hydrogens is 355 g/mol. The number of nitrogens with one attached hydrogen (secondary N) is 2. The maximum atomic E-state index is 13.6. The minimum absolute atomic E-state index is 0.0136. The molecule has 2 amide bonds. The summed E-state index contributed by atoms with van der Waals surface area (Å²) in [4.78, 5) is 24.9. The second-order valence-corrected chi connectivity index (χ2v) is 6.28. The van der Waals surface area contributed by atoms with E-state index in [2.05, 4.69) is 10.6 Å². The molecule has 3 aromatic rings. The van der Waals surface area contributed by atoms with E-state index in [0.717, 1.165) is 11.1 Å². The molecule has 2 N–H and O–H groups in total. The van der Waals surface area contributed by atoms with Crippen LogP contribution in [0.25, 0.3) is 0 Å². The quantitative estimate of drug-likeness (QED) is 0.620. The van der Waals surface area contributed by atoms with Crippen molar-refractivity contribution >= 4 is 11.8 Å². The van der Waals surface area contributed by atoms with Gasteiger partial charge in [-0.3, -0.25) is 9.59 Å². The summed E-state index contributed by atoms with van der Waals surface area (Å²) in [7, 11) is 0. The Labute approximate surface area is 163 Å². The van der Waals surface area contributed by atoms with Gasteiger partial charge in [-0.1, -0.05) is 72.8 Å². The van der Waals surface area contributed by atoms with Crippen LogP contribution < -0.4 is 10.6 Å². The molecule has 0 aliphatic carbocycles. The van der Waals surface area contributed by atoms with Crippen LogP contribution >= 0.6 is 0 Å². The van der Waals surface area contributed by atoms with E-state index in [1.54, 1.807) is 6.07 Å². The first kappa shape index (κ1) is 19.3. The minimum Gasteiger partial charge on any atom is -0.354 e. The zero-order chi connectivity index (χ0) is 19.8. The van der Waals surface area contributed by atoms with Gasteiger partial charge in [0, 0.05) is 13.1 Å². The van der Waals surface area contributed by atoms with Crippen molar-refractivity contribution in [3.8, 4) is 0 Å². The van der Waals surface area contributed by atoms with Gasteiger partial charge in [0.05, 0.1) is 11.5 Å². The fourth-order valence-corrected chi connectivity index (χ4v) is 2.99. The van der Waals surface area contributed by atoms with Crippen LogP contribution in [0.1, 0.15) is 27.4 Å². The average molecular weight is 376 g/mol. The largest absolute Gasteiger partial charge is 0.354 e. The van der Waals surface area contributed by atoms with E-state index >= 15 is 0 Å². The van der Waals surface area contributed by atoms with Crippen molar-refractivity contribution in [2.24, 2.45) is 0 Å². The van der Waals surface area contributed by atoms with E-state index in [1.165, 1.54) is 18.2 Å². The summed E-state index contributed by atoms with van der Waals surface area (Å²) in [6.45, 7) is 0.449. The number of carbonyl (C=O) groups is 2. The van der Waals surface area contributed by atoms with Crippen molar-refractivity contribution < 1.29 is 14.0 Å². The fraction of sp³-hybridized carbons (Fsp3) is 0.130. The topological polar surface area (TPSA) is 58.2 Å². The number of rotatable bonds is 7. The molecule has 142 valence electrons. The van der Waals surface area contributed by atoms with Gasteiger partial charge in [-0.2, -0.15) is 0 Å². The Kier molecular flexibility index (Phi) is 6.52. The first-order valence-corrected chi connectivity index (χ1v) is 9.07. The number of carbonyl (C=O) groups excluding carboxylic acids is 2. The molecule has 0 heterocycles. The van der Waals surface area contributed by atoms with Crippen LogP contribution in [0, 0.1) is 5.82 Å². The van der Waals surface area contributed by atoms with Gasteiger partial charge >= 0.3 is 0 Å². The molecule has 0 aromatic heterocycles. The lowest BCUT2D eigenvalue weighted by Gasteiger charge is -2.18. The molecule has 0 radical (unpaired) electrons. The highest BCUT2D eigenvalue weighted by Gasteiger charge is 2.22. The SMILES string of the molecule is O=C(NCCNC(=O)C(c1ccccc1)c1ccccc1)c1ccccc1F. The third-order valence-electron chi connectivity index (χ3n) is 4.36. The molecule has 0 bridgehead atoms. The van der Waals surface area contributed by atoms with Crippen LogP contribution in [0.4, 0.5) is 4.39 Å². The summed E-state index contributed by atoms with van der Waals surface area (Å²) in [6.07, 6.45) is 0. The molecule has 0 spiro atoms. The molecule has 0 saturated carbocycles. The monoisotopic (exact) mass is 376 g/mol. The molecule has 3 rings (SSSR count). The molecule has 0 aliphatic rings. The molecule has 28 heavy (non-hydrogen) atoms. The van der Waals surface area contributed by atoms with E-state index in [-0.39, 0.29) is 24.6 Å². The maximum Gasteiger partial charge on any atom is 0.254 e. The molecule has 0 atom stereocenters. The predicted octanol–water partition coefficient (Wildman–Crippen LogP) is 3.50. The second kappa shape index (κ2) is 9.46. The van der Waals surface area contributed by atoms with E-state index in [9.17, 15) is 14.0 Å². The van der Waals surface area contributed by atoms with E-state index in [1.807, 2.05) is 60.7 Å². The van der Waals surface area contributed by atoms with Gasteiger partial charge < -0.3 is 10.6 Å². The van der Waals surface area contributed by atoms with Crippen LogP contribution in [-0.2, 0) is 4.79 Å². The smallest absolute Gasteiger partial charge is 0.254 e. The van der Waals surface area contributed by atoms with Crippen molar-refractivity contribution in [2.45, 2.75) is 5.92 Å². The summed E-state index contributed by atoms with van der Waals surface area (Å²) in [6, 6.07) is 24.8. The first-order valence-electron chi connectivity index (χ1n) is 9.07. The van der Waals surface area contributed by atoms with Crippen molar-refractivity contribution in [3.63, 3.8) is 0 Å². The predicted molar refractivity (Wildman–Crippen MR) is 106 cm³/mol. The Hall–Kier alpha value is -3.47. The average Bonchev–Trinajstić information content (AvgIpc) is 2.73. The van der Waals surface area contributed by atoms with Crippen molar-refractivity contribution in [1.82, 2.24) is 10.6 Å². The Balaban J connectivity index is 1.60.